The molecule has 3 aromatic rings. The van der Waals surface area contributed by atoms with Crippen LogP contribution in [0.15, 0.2) is 62.4 Å². The van der Waals surface area contributed by atoms with Crippen LogP contribution in [0.4, 0.5) is 5.82 Å². The van der Waals surface area contributed by atoms with Gasteiger partial charge in [0.15, 0.2) is 11.6 Å². The molecule has 6 heteroatoms. The first-order valence-electron chi connectivity index (χ1n) is 6.72. The summed E-state index contributed by atoms with van der Waals surface area (Å²) in [5.74, 6) is 2.33. The van der Waals surface area contributed by atoms with Gasteiger partial charge in [0.25, 0.3) is 5.91 Å². The maximum Gasteiger partial charge on any atom is 0.292 e. The van der Waals surface area contributed by atoms with E-state index in [0.717, 1.165) is 10.7 Å². The maximum atomic E-state index is 12.0. The molecule has 0 radical (unpaired) electrons. The lowest BCUT2D eigenvalue weighted by Gasteiger charge is -1.99. The second-order valence-corrected chi connectivity index (χ2v) is 5.69. The Kier molecular flexibility index (Phi) is 4.29. The first-order chi connectivity index (χ1) is 10.7. The quantitative estimate of drug-likeness (QED) is 0.717. The van der Waals surface area contributed by atoms with Crippen LogP contribution in [-0.4, -0.2) is 11.1 Å². The molecule has 1 amide bonds. The fourth-order valence-corrected chi connectivity index (χ4v) is 2.67. The van der Waals surface area contributed by atoms with Crippen molar-refractivity contribution in [3.63, 3.8) is 0 Å². The number of aryl methyl sites for hydroxylation is 1. The molecule has 0 saturated heterocycles. The molecule has 0 aliphatic heterocycles. The molecule has 0 unspecified atom stereocenters. The first kappa shape index (κ1) is 14.5. The summed E-state index contributed by atoms with van der Waals surface area (Å²) in [4.78, 5) is 13.2. The predicted octanol–water partition coefficient (Wildman–Crippen LogP) is 4.12. The van der Waals surface area contributed by atoms with Gasteiger partial charge >= 0.3 is 0 Å². The molecule has 2 heterocycles. The summed E-state index contributed by atoms with van der Waals surface area (Å²) >= 11 is 1.65. The van der Waals surface area contributed by atoms with Gasteiger partial charge in [0.05, 0.1) is 5.75 Å². The van der Waals surface area contributed by atoms with Crippen molar-refractivity contribution in [3.05, 3.63) is 65.8 Å². The maximum absolute atomic E-state index is 12.0. The van der Waals surface area contributed by atoms with Gasteiger partial charge in [-0.05, 0) is 31.2 Å². The lowest BCUT2D eigenvalue weighted by atomic mass is 10.4. The number of hydrogen-bond acceptors (Lipinski definition) is 5. The Morgan fingerprint density at radius 2 is 2.05 bits per heavy atom. The van der Waals surface area contributed by atoms with Crippen molar-refractivity contribution in [2.24, 2.45) is 0 Å². The highest BCUT2D eigenvalue weighted by Gasteiger charge is 2.13. The van der Waals surface area contributed by atoms with Crippen molar-refractivity contribution < 1.29 is 13.7 Å². The number of nitrogens with zero attached hydrogens (tertiary/aromatic N) is 1. The first-order valence-corrected chi connectivity index (χ1v) is 7.70. The number of rotatable bonds is 5. The number of amides is 1. The van der Waals surface area contributed by atoms with Crippen LogP contribution in [0.1, 0.15) is 22.1 Å². The van der Waals surface area contributed by atoms with Crippen LogP contribution in [-0.2, 0) is 5.75 Å². The Hall–Kier alpha value is -2.47. The van der Waals surface area contributed by atoms with E-state index in [-0.39, 0.29) is 11.7 Å². The van der Waals surface area contributed by atoms with Crippen LogP contribution in [0, 0.1) is 6.92 Å². The molecule has 2 aromatic heterocycles. The van der Waals surface area contributed by atoms with E-state index in [1.807, 2.05) is 30.3 Å². The Morgan fingerprint density at radius 1 is 1.23 bits per heavy atom. The molecule has 0 saturated carbocycles. The smallest absolute Gasteiger partial charge is 0.292 e. The molecule has 22 heavy (non-hydrogen) atoms. The Labute approximate surface area is 131 Å². The summed E-state index contributed by atoms with van der Waals surface area (Å²) < 4.78 is 10.5. The molecule has 1 N–H and O–H groups in total. The molecule has 0 spiro atoms. The number of benzene rings is 1. The number of thioether (sulfide) groups is 1. The minimum absolute atomic E-state index is 0.254. The van der Waals surface area contributed by atoms with Crippen LogP contribution in [0.25, 0.3) is 0 Å². The van der Waals surface area contributed by atoms with Gasteiger partial charge in [-0.1, -0.05) is 23.4 Å². The molecule has 0 aliphatic rings. The minimum Gasteiger partial charge on any atom is -0.455 e. The molecular formula is C16H14N2O3S. The zero-order chi connectivity index (χ0) is 15.4. The summed E-state index contributed by atoms with van der Waals surface area (Å²) in [6.45, 7) is 1.76. The standard InChI is InChI=1S/C16H14N2O3S/c1-11-9-15(18-21-11)17-16(19)14-8-7-12(20-14)10-22-13-5-3-2-4-6-13/h2-9H,10H2,1H3,(H,17,18,19). The van der Waals surface area contributed by atoms with E-state index in [1.165, 1.54) is 0 Å². The van der Waals surface area contributed by atoms with E-state index in [9.17, 15) is 4.79 Å². The van der Waals surface area contributed by atoms with Crippen LogP contribution in [0.5, 0.6) is 0 Å². The SMILES string of the molecule is Cc1cc(NC(=O)c2ccc(CSc3ccccc3)o2)no1. The molecule has 0 aliphatic carbocycles. The summed E-state index contributed by atoms with van der Waals surface area (Å²) in [7, 11) is 0. The second-order valence-electron chi connectivity index (χ2n) is 4.64. The van der Waals surface area contributed by atoms with E-state index in [0.29, 0.717) is 17.3 Å². The normalized spacial score (nSPS) is 10.6. The number of carbonyl (C=O) groups is 1. The van der Waals surface area contributed by atoms with Gasteiger partial charge in [0.2, 0.25) is 0 Å². The summed E-state index contributed by atoms with van der Waals surface area (Å²) in [6.07, 6.45) is 0. The van der Waals surface area contributed by atoms with Gasteiger partial charge in [0.1, 0.15) is 11.5 Å². The Morgan fingerprint density at radius 3 is 2.77 bits per heavy atom. The average Bonchev–Trinajstić information content (AvgIpc) is 3.15. The molecule has 0 bridgehead atoms. The van der Waals surface area contributed by atoms with Crippen molar-refractivity contribution in [1.82, 2.24) is 5.16 Å². The zero-order valence-electron chi connectivity index (χ0n) is 11.9. The van der Waals surface area contributed by atoms with Gasteiger partial charge < -0.3 is 14.3 Å². The third kappa shape index (κ3) is 3.59. The minimum atomic E-state index is -0.343. The number of carbonyl (C=O) groups excluding carboxylic acids is 1. The summed E-state index contributed by atoms with van der Waals surface area (Å²) in [6, 6.07) is 15.1. The number of hydrogen-bond donors (Lipinski definition) is 1. The lowest BCUT2D eigenvalue weighted by molar-refractivity contribution is 0.0994. The van der Waals surface area contributed by atoms with Crippen molar-refractivity contribution >= 4 is 23.5 Å². The van der Waals surface area contributed by atoms with Crippen LogP contribution >= 0.6 is 11.8 Å². The highest BCUT2D eigenvalue weighted by atomic mass is 32.2. The molecule has 112 valence electrons. The van der Waals surface area contributed by atoms with E-state index in [1.54, 1.807) is 36.9 Å². The third-order valence-electron chi connectivity index (χ3n) is 2.88. The molecular weight excluding hydrogens is 300 g/mol. The topological polar surface area (TPSA) is 68.3 Å². The van der Waals surface area contributed by atoms with Gasteiger partial charge in [-0.3, -0.25) is 4.79 Å². The number of nitrogens with one attached hydrogen (secondary N) is 1. The zero-order valence-corrected chi connectivity index (χ0v) is 12.7. The Bertz CT molecular complexity index is 765. The molecule has 1 aromatic carbocycles. The van der Waals surface area contributed by atoms with E-state index < -0.39 is 0 Å². The third-order valence-corrected chi connectivity index (χ3v) is 3.91. The van der Waals surface area contributed by atoms with Gasteiger partial charge in [-0.25, -0.2) is 0 Å². The molecule has 3 rings (SSSR count). The average molecular weight is 314 g/mol. The van der Waals surface area contributed by atoms with Crippen molar-refractivity contribution in [3.8, 4) is 0 Å². The monoisotopic (exact) mass is 314 g/mol. The lowest BCUT2D eigenvalue weighted by Crippen LogP contribution is -2.10. The van der Waals surface area contributed by atoms with Gasteiger partial charge in [-0.15, -0.1) is 11.8 Å². The number of anilines is 1. The predicted molar refractivity (Wildman–Crippen MR) is 83.9 cm³/mol. The highest BCUT2D eigenvalue weighted by Crippen LogP contribution is 2.23. The van der Waals surface area contributed by atoms with Gasteiger partial charge in [0, 0.05) is 11.0 Å². The summed E-state index contributed by atoms with van der Waals surface area (Å²) in [5.41, 5.74) is 0. The van der Waals surface area contributed by atoms with Crippen molar-refractivity contribution in [1.29, 1.82) is 0 Å². The van der Waals surface area contributed by atoms with Crippen LogP contribution in [0.2, 0.25) is 0 Å². The van der Waals surface area contributed by atoms with Crippen LogP contribution < -0.4 is 5.32 Å². The molecule has 5 nitrogen and oxygen atoms in total. The van der Waals surface area contributed by atoms with Gasteiger partial charge in [-0.2, -0.15) is 0 Å². The number of aromatic nitrogens is 1. The highest BCUT2D eigenvalue weighted by molar-refractivity contribution is 7.98. The fourth-order valence-electron chi connectivity index (χ4n) is 1.85. The van der Waals surface area contributed by atoms with Crippen molar-refractivity contribution in [2.75, 3.05) is 5.32 Å². The van der Waals surface area contributed by atoms with E-state index in [2.05, 4.69) is 10.5 Å². The largest absolute Gasteiger partial charge is 0.455 e. The number of furan rings is 1. The van der Waals surface area contributed by atoms with Crippen LogP contribution in [0.3, 0.4) is 0 Å². The fraction of sp³-hybridized carbons (Fsp3) is 0.125. The summed E-state index contributed by atoms with van der Waals surface area (Å²) in [5, 5.41) is 6.33. The van der Waals surface area contributed by atoms with Crippen molar-refractivity contribution in [2.45, 2.75) is 17.6 Å². The molecule has 0 fully saturated rings. The van der Waals surface area contributed by atoms with E-state index in [4.69, 9.17) is 8.94 Å². The second kappa shape index (κ2) is 6.53. The van der Waals surface area contributed by atoms with E-state index >= 15 is 0 Å². The molecule has 0 atom stereocenters. The Balaban J connectivity index is 1.59.